The third kappa shape index (κ3) is 7.21. The van der Waals surface area contributed by atoms with E-state index in [-0.39, 0.29) is 18.4 Å². The second-order valence-corrected chi connectivity index (χ2v) is 9.92. The molecule has 35 heavy (non-hydrogen) atoms. The Bertz CT molecular complexity index is 937. The van der Waals surface area contributed by atoms with E-state index >= 15 is 4.39 Å². The number of carbonyl (C=O) groups is 1. The van der Waals surface area contributed by atoms with Gasteiger partial charge in [0, 0.05) is 45.2 Å². The molecule has 3 aliphatic rings. The first-order valence-corrected chi connectivity index (χ1v) is 12.7. The van der Waals surface area contributed by atoms with Gasteiger partial charge >= 0.3 is 5.97 Å². The van der Waals surface area contributed by atoms with Crippen LogP contribution < -0.4 is 15.4 Å². The number of nitrogens with one attached hydrogen (secondary N) is 2. The Labute approximate surface area is 207 Å². The Morgan fingerprint density at radius 3 is 3.09 bits per heavy atom. The minimum absolute atomic E-state index is 0.00144. The fourth-order valence-electron chi connectivity index (χ4n) is 5.28. The molecular weight excluding hydrogens is 449 g/mol. The van der Waals surface area contributed by atoms with Crippen LogP contribution in [0.15, 0.2) is 47.8 Å². The predicted molar refractivity (Wildman–Crippen MR) is 133 cm³/mol. The maximum Gasteiger partial charge on any atom is 0.304 e. The summed E-state index contributed by atoms with van der Waals surface area (Å²) in [6.07, 6.45) is 8.27. The Kier molecular flexibility index (Phi) is 8.68. The summed E-state index contributed by atoms with van der Waals surface area (Å²) >= 11 is 0. The van der Waals surface area contributed by atoms with Gasteiger partial charge in [-0.2, -0.15) is 0 Å². The summed E-state index contributed by atoms with van der Waals surface area (Å²) in [5.74, 6) is 0.711. The fraction of sp³-hybridized carbons (Fsp3) is 0.593. The molecule has 0 aliphatic carbocycles. The quantitative estimate of drug-likeness (QED) is 0.389. The smallest absolute Gasteiger partial charge is 0.304 e. The average molecular weight is 488 g/mol. The van der Waals surface area contributed by atoms with Crippen molar-refractivity contribution >= 4 is 5.97 Å². The molecule has 4 rings (SSSR count). The number of likely N-dealkylation sites (tertiary alicyclic amines) is 1. The van der Waals surface area contributed by atoms with Crippen molar-refractivity contribution in [2.75, 3.05) is 46.5 Å². The van der Waals surface area contributed by atoms with Crippen LogP contribution in [0.25, 0.3) is 0 Å². The predicted octanol–water partition coefficient (Wildman–Crippen LogP) is 3.59. The molecule has 1 saturated heterocycles. The van der Waals surface area contributed by atoms with E-state index in [4.69, 9.17) is 9.47 Å². The summed E-state index contributed by atoms with van der Waals surface area (Å²) in [6.45, 7) is 3.39. The summed E-state index contributed by atoms with van der Waals surface area (Å²) < 4.78 is 26.5. The molecule has 1 aromatic rings. The maximum absolute atomic E-state index is 15.7. The number of carboxylic acid groups (broad SMARTS) is 1. The van der Waals surface area contributed by atoms with Crippen LogP contribution >= 0.6 is 0 Å². The number of alkyl halides is 1. The molecule has 0 bridgehead atoms. The van der Waals surface area contributed by atoms with Gasteiger partial charge in [0.15, 0.2) is 0 Å². The molecule has 0 radical (unpaired) electrons. The molecule has 8 heteroatoms. The molecule has 3 aliphatic heterocycles. The summed E-state index contributed by atoms with van der Waals surface area (Å²) in [6, 6.07) is 7.70. The van der Waals surface area contributed by atoms with Crippen LogP contribution in [-0.4, -0.2) is 74.2 Å². The lowest BCUT2D eigenvalue weighted by atomic mass is 9.93. The monoisotopic (exact) mass is 487 g/mol. The number of ether oxygens (including phenoxy) is 2. The van der Waals surface area contributed by atoms with Gasteiger partial charge in [-0.1, -0.05) is 24.3 Å². The Hall–Kier alpha value is -2.58. The molecule has 192 valence electrons. The molecule has 1 fully saturated rings. The molecule has 7 nitrogen and oxygen atoms in total. The first-order valence-electron chi connectivity index (χ1n) is 12.7. The fourth-order valence-corrected chi connectivity index (χ4v) is 5.28. The number of rotatable bonds is 12. The molecular formula is C27H38FN3O4. The highest BCUT2D eigenvalue weighted by atomic mass is 19.1. The van der Waals surface area contributed by atoms with Gasteiger partial charge in [-0.05, 0) is 55.4 Å². The SMILES string of the molecule is COCCOc1cccc(C(CC(=O)O)CN2CC[C@](F)(CCC3C=CC4=C(NCCC4)N3)C2)c1. The first-order chi connectivity index (χ1) is 16.9. The number of benzene rings is 1. The molecule has 3 N–H and O–H groups in total. The molecule has 0 amide bonds. The molecule has 0 spiro atoms. The zero-order valence-electron chi connectivity index (χ0n) is 20.6. The lowest BCUT2D eigenvalue weighted by Crippen LogP contribution is -2.40. The minimum atomic E-state index is -1.25. The number of hydrogen-bond donors (Lipinski definition) is 3. The van der Waals surface area contributed by atoms with Crippen LogP contribution in [0.5, 0.6) is 5.75 Å². The molecule has 0 aromatic heterocycles. The molecule has 3 heterocycles. The van der Waals surface area contributed by atoms with Gasteiger partial charge in [-0.3, -0.25) is 9.69 Å². The van der Waals surface area contributed by atoms with Crippen LogP contribution in [-0.2, 0) is 9.53 Å². The number of aliphatic carboxylic acids is 1. The Morgan fingerprint density at radius 2 is 2.26 bits per heavy atom. The number of methoxy groups -OCH3 is 1. The Balaban J connectivity index is 1.31. The summed E-state index contributed by atoms with van der Waals surface area (Å²) in [4.78, 5) is 13.7. The number of hydrogen-bond acceptors (Lipinski definition) is 6. The van der Waals surface area contributed by atoms with Crippen molar-refractivity contribution in [3.05, 3.63) is 53.4 Å². The lowest BCUT2D eigenvalue weighted by molar-refractivity contribution is -0.137. The third-order valence-electron chi connectivity index (χ3n) is 7.18. The van der Waals surface area contributed by atoms with E-state index in [2.05, 4.69) is 27.7 Å². The number of carboxylic acids is 1. The largest absolute Gasteiger partial charge is 0.491 e. The highest BCUT2D eigenvalue weighted by Gasteiger charge is 2.39. The van der Waals surface area contributed by atoms with Gasteiger partial charge in [-0.15, -0.1) is 0 Å². The van der Waals surface area contributed by atoms with Gasteiger partial charge in [0.25, 0.3) is 0 Å². The second kappa shape index (κ2) is 11.9. The Morgan fingerprint density at radius 1 is 1.37 bits per heavy atom. The zero-order valence-corrected chi connectivity index (χ0v) is 20.6. The maximum atomic E-state index is 15.7. The average Bonchev–Trinajstić information content (AvgIpc) is 3.23. The highest BCUT2D eigenvalue weighted by Crippen LogP contribution is 2.34. The van der Waals surface area contributed by atoms with Gasteiger partial charge < -0.3 is 25.2 Å². The van der Waals surface area contributed by atoms with E-state index in [1.807, 2.05) is 24.3 Å². The number of dihydropyridines is 1. The highest BCUT2D eigenvalue weighted by molar-refractivity contribution is 5.68. The van der Waals surface area contributed by atoms with Crippen molar-refractivity contribution in [2.45, 2.75) is 56.2 Å². The minimum Gasteiger partial charge on any atom is -0.491 e. The second-order valence-electron chi connectivity index (χ2n) is 9.92. The van der Waals surface area contributed by atoms with Crippen LogP contribution in [0.2, 0.25) is 0 Å². The lowest BCUT2D eigenvalue weighted by Gasteiger charge is -2.30. The summed E-state index contributed by atoms with van der Waals surface area (Å²) in [5, 5.41) is 16.5. The van der Waals surface area contributed by atoms with Crippen LogP contribution in [0.4, 0.5) is 4.39 Å². The standard InChI is InChI=1S/C27H38FN3O4/c1-34-14-15-35-24-6-2-4-21(16-24)22(17-25(32)33)18-31-13-11-27(28,19-31)10-9-23-8-7-20-5-3-12-29-26(20)30-23/h2,4,6-8,16,22-23,29-30H,3,5,9-15,17-19H2,1H3,(H,32,33)/t22?,23?,27-/m1/s1. The summed E-state index contributed by atoms with van der Waals surface area (Å²) in [7, 11) is 1.62. The third-order valence-corrected chi connectivity index (χ3v) is 7.18. The van der Waals surface area contributed by atoms with Crippen molar-refractivity contribution in [3.63, 3.8) is 0 Å². The summed E-state index contributed by atoms with van der Waals surface area (Å²) in [5.41, 5.74) is 0.967. The first kappa shape index (κ1) is 25.5. The molecule has 1 aromatic carbocycles. The van der Waals surface area contributed by atoms with Crippen LogP contribution in [0.1, 0.15) is 50.0 Å². The van der Waals surface area contributed by atoms with Crippen molar-refractivity contribution in [1.29, 1.82) is 0 Å². The van der Waals surface area contributed by atoms with Crippen molar-refractivity contribution in [3.8, 4) is 5.75 Å². The van der Waals surface area contributed by atoms with E-state index in [0.717, 1.165) is 37.2 Å². The number of halogens is 1. The zero-order chi connectivity index (χ0) is 24.7. The van der Waals surface area contributed by atoms with E-state index in [1.165, 1.54) is 5.57 Å². The molecule has 0 saturated carbocycles. The van der Waals surface area contributed by atoms with Crippen molar-refractivity contribution < 1.29 is 23.8 Å². The van der Waals surface area contributed by atoms with Gasteiger partial charge in [-0.25, -0.2) is 4.39 Å². The van der Waals surface area contributed by atoms with Gasteiger partial charge in [0.2, 0.25) is 0 Å². The molecule has 3 atom stereocenters. The van der Waals surface area contributed by atoms with E-state index in [9.17, 15) is 9.90 Å². The van der Waals surface area contributed by atoms with E-state index < -0.39 is 11.6 Å². The van der Waals surface area contributed by atoms with Crippen molar-refractivity contribution in [2.24, 2.45) is 0 Å². The van der Waals surface area contributed by atoms with E-state index in [0.29, 0.717) is 51.4 Å². The van der Waals surface area contributed by atoms with Crippen molar-refractivity contribution in [1.82, 2.24) is 15.5 Å². The number of allylic oxidation sites excluding steroid dienone is 2. The van der Waals surface area contributed by atoms with Crippen LogP contribution in [0.3, 0.4) is 0 Å². The topological polar surface area (TPSA) is 83.1 Å². The number of nitrogens with zero attached hydrogens (tertiary/aromatic N) is 1. The van der Waals surface area contributed by atoms with E-state index in [1.54, 1.807) is 7.11 Å². The van der Waals surface area contributed by atoms with Gasteiger partial charge in [0.1, 0.15) is 23.8 Å². The van der Waals surface area contributed by atoms with Gasteiger partial charge in [0.05, 0.1) is 13.0 Å². The normalized spacial score (nSPS) is 25.0. The van der Waals surface area contributed by atoms with Crippen LogP contribution in [0, 0.1) is 0 Å². The molecule has 2 unspecified atom stereocenters.